The summed E-state index contributed by atoms with van der Waals surface area (Å²) >= 11 is 0. The van der Waals surface area contributed by atoms with Crippen LogP contribution in [-0.4, -0.2) is 24.8 Å². The van der Waals surface area contributed by atoms with Crippen molar-refractivity contribution in [3.05, 3.63) is 12.7 Å². The number of rotatable bonds is 6. The Morgan fingerprint density at radius 1 is 1.62 bits per heavy atom. The number of allylic oxidation sites excluding steroid dienone is 1. The molecule has 1 saturated heterocycles. The summed E-state index contributed by atoms with van der Waals surface area (Å²) in [4.78, 5) is 10.5. The predicted molar refractivity (Wildman–Crippen MR) is 49.3 cm³/mol. The molecule has 1 fully saturated rings. The summed E-state index contributed by atoms with van der Waals surface area (Å²) in [6.07, 6.45) is 5.53. The highest BCUT2D eigenvalue weighted by atomic mass is 16.6. The maximum atomic E-state index is 10.5. The lowest BCUT2D eigenvalue weighted by atomic mass is 10.1. The van der Waals surface area contributed by atoms with E-state index in [0.29, 0.717) is 12.7 Å². The Morgan fingerprint density at radius 3 is 3.00 bits per heavy atom. The van der Waals surface area contributed by atoms with Crippen LogP contribution in [-0.2, 0) is 14.3 Å². The van der Waals surface area contributed by atoms with Crippen LogP contribution in [0.15, 0.2) is 12.7 Å². The molecule has 0 aromatic heterocycles. The van der Waals surface area contributed by atoms with E-state index in [0.717, 1.165) is 19.3 Å². The second-order valence-corrected chi connectivity index (χ2v) is 3.24. The van der Waals surface area contributed by atoms with Crippen LogP contribution in [0, 0.1) is 0 Å². The lowest BCUT2D eigenvalue weighted by Gasteiger charge is -1.96. The van der Waals surface area contributed by atoms with Crippen molar-refractivity contribution >= 4 is 5.97 Å². The maximum absolute atomic E-state index is 10.5. The fourth-order valence-electron chi connectivity index (χ4n) is 1.24. The Balaban J connectivity index is 1.96. The molecule has 13 heavy (non-hydrogen) atoms. The minimum atomic E-state index is -0.236. The Kier molecular flexibility index (Phi) is 3.96. The van der Waals surface area contributed by atoms with Gasteiger partial charge < -0.3 is 9.47 Å². The molecule has 0 radical (unpaired) electrons. The van der Waals surface area contributed by atoms with Crippen molar-refractivity contribution in [2.24, 2.45) is 0 Å². The largest absolute Gasteiger partial charge is 0.463 e. The van der Waals surface area contributed by atoms with Crippen molar-refractivity contribution in [2.75, 3.05) is 6.61 Å². The first-order valence-corrected chi connectivity index (χ1v) is 4.63. The minimum absolute atomic E-state index is 0.147. The van der Waals surface area contributed by atoms with Gasteiger partial charge in [-0.1, -0.05) is 6.08 Å². The third-order valence-corrected chi connectivity index (χ3v) is 2.04. The lowest BCUT2D eigenvalue weighted by Crippen LogP contribution is -2.08. The van der Waals surface area contributed by atoms with Gasteiger partial charge in [-0.3, -0.25) is 4.79 Å². The SMILES string of the molecule is C=CCCC[C@@H]1O[C@H]1COC(C)=O. The third-order valence-electron chi connectivity index (χ3n) is 2.04. The highest BCUT2D eigenvalue weighted by Gasteiger charge is 2.38. The molecule has 0 N–H and O–H groups in total. The highest BCUT2D eigenvalue weighted by Crippen LogP contribution is 2.27. The number of unbranched alkanes of at least 4 members (excludes halogenated alkanes) is 1. The molecule has 0 saturated carbocycles. The van der Waals surface area contributed by atoms with Crippen LogP contribution in [0.25, 0.3) is 0 Å². The average molecular weight is 184 g/mol. The van der Waals surface area contributed by atoms with Crippen LogP contribution >= 0.6 is 0 Å². The zero-order chi connectivity index (χ0) is 9.68. The number of hydrogen-bond donors (Lipinski definition) is 0. The molecule has 1 heterocycles. The number of carbonyl (C=O) groups is 1. The average Bonchev–Trinajstić information content (AvgIpc) is 2.81. The first kappa shape index (κ1) is 10.3. The summed E-state index contributed by atoms with van der Waals surface area (Å²) in [5.41, 5.74) is 0. The standard InChI is InChI=1S/C10H16O3/c1-3-4-5-6-9-10(13-9)7-12-8(2)11/h3,9-10H,1,4-7H2,2H3/t9-,10-/m0/s1. The molecule has 0 aromatic carbocycles. The Morgan fingerprint density at radius 2 is 2.38 bits per heavy atom. The number of hydrogen-bond acceptors (Lipinski definition) is 3. The topological polar surface area (TPSA) is 38.8 Å². The van der Waals surface area contributed by atoms with Crippen molar-refractivity contribution in [3.8, 4) is 0 Å². The monoisotopic (exact) mass is 184 g/mol. The van der Waals surface area contributed by atoms with Crippen LogP contribution < -0.4 is 0 Å². The second-order valence-electron chi connectivity index (χ2n) is 3.24. The van der Waals surface area contributed by atoms with Crippen LogP contribution in [0.3, 0.4) is 0 Å². The molecular formula is C10H16O3. The van der Waals surface area contributed by atoms with Crippen LogP contribution in [0.5, 0.6) is 0 Å². The van der Waals surface area contributed by atoms with Gasteiger partial charge in [-0.15, -0.1) is 6.58 Å². The van der Waals surface area contributed by atoms with E-state index in [1.807, 2.05) is 6.08 Å². The van der Waals surface area contributed by atoms with Crippen molar-refractivity contribution in [3.63, 3.8) is 0 Å². The normalized spacial score (nSPS) is 25.3. The second kappa shape index (κ2) is 5.02. The summed E-state index contributed by atoms with van der Waals surface area (Å²) < 4.78 is 10.1. The fraction of sp³-hybridized carbons (Fsp3) is 0.700. The summed E-state index contributed by atoms with van der Waals surface area (Å²) in [7, 11) is 0. The molecule has 1 aliphatic heterocycles. The van der Waals surface area contributed by atoms with Gasteiger partial charge in [-0.2, -0.15) is 0 Å². The summed E-state index contributed by atoms with van der Waals surface area (Å²) in [5.74, 6) is -0.236. The van der Waals surface area contributed by atoms with E-state index in [4.69, 9.17) is 9.47 Å². The summed E-state index contributed by atoms with van der Waals surface area (Å²) in [6, 6.07) is 0. The third kappa shape index (κ3) is 4.08. The predicted octanol–water partition coefficient (Wildman–Crippen LogP) is 1.67. The van der Waals surface area contributed by atoms with Crippen molar-refractivity contribution < 1.29 is 14.3 Å². The van der Waals surface area contributed by atoms with Gasteiger partial charge in [0, 0.05) is 6.92 Å². The molecule has 0 unspecified atom stereocenters. The van der Waals surface area contributed by atoms with E-state index < -0.39 is 0 Å². The summed E-state index contributed by atoms with van der Waals surface area (Å²) in [5, 5.41) is 0. The number of ether oxygens (including phenoxy) is 2. The van der Waals surface area contributed by atoms with Crippen LogP contribution in [0.1, 0.15) is 26.2 Å². The first-order valence-electron chi connectivity index (χ1n) is 4.63. The highest BCUT2D eigenvalue weighted by molar-refractivity contribution is 5.65. The molecule has 2 atom stereocenters. The quantitative estimate of drug-likeness (QED) is 0.273. The fourth-order valence-corrected chi connectivity index (χ4v) is 1.24. The first-order chi connectivity index (χ1) is 6.24. The zero-order valence-electron chi connectivity index (χ0n) is 7.99. The zero-order valence-corrected chi connectivity index (χ0v) is 7.99. The van der Waals surface area contributed by atoms with Crippen LogP contribution in [0.2, 0.25) is 0 Å². The number of carbonyl (C=O) groups excluding carboxylic acids is 1. The van der Waals surface area contributed by atoms with E-state index in [1.165, 1.54) is 6.92 Å². The van der Waals surface area contributed by atoms with Gasteiger partial charge in [0.05, 0.1) is 6.10 Å². The number of esters is 1. The van der Waals surface area contributed by atoms with Gasteiger partial charge in [0.15, 0.2) is 0 Å². The van der Waals surface area contributed by atoms with Gasteiger partial charge in [0.1, 0.15) is 12.7 Å². The van der Waals surface area contributed by atoms with E-state index in [1.54, 1.807) is 0 Å². The Labute approximate surface area is 78.7 Å². The van der Waals surface area contributed by atoms with Gasteiger partial charge in [0.2, 0.25) is 0 Å². The molecule has 3 heteroatoms. The lowest BCUT2D eigenvalue weighted by molar-refractivity contribution is -0.141. The van der Waals surface area contributed by atoms with Crippen LogP contribution in [0.4, 0.5) is 0 Å². The molecule has 0 amide bonds. The van der Waals surface area contributed by atoms with Crippen molar-refractivity contribution in [2.45, 2.75) is 38.4 Å². The van der Waals surface area contributed by atoms with Gasteiger partial charge in [-0.25, -0.2) is 0 Å². The van der Waals surface area contributed by atoms with Gasteiger partial charge >= 0.3 is 5.97 Å². The number of epoxide rings is 1. The van der Waals surface area contributed by atoms with Crippen molar-refractivity contribution in [1.82, 2.24) is 0 Å². The molecule has 1 rings (SSSR count). The van der Waals surface area contributed by atoms with Gasteiger partial charge in [-0.05, 0) is 19.3 Å². The minimum Gasteiger partial charge on any atom is -0.463 e. The molecule has 74 valence electrons. The van der Waals surface area contributed by atoms with E-state index in [9.17, 15) is 4.79 Å². The Bertz CT molecular complexity index is 189. The molecule has 0 aliphatic carbocycles. The Hall–Kier alpha value is -0.830. The molecule has 0 bridgehead atoms. The smallest absolute Gasteiger partial charge is 0.302 e. The van der Waals surface area contributed by atoms with E-state index in [-0.39, 0.29) is 12.1 Å². The molecule has 1 aliphatic rings. The maximum Gasteiger partial charge on any atom is 0.302 e. The molecule has 0 aromatic rings. The van der Waals surface area contributed by atoms with E-state index >= 15 is 0 Å². The van der Waals surface area contributed by atoms with Crippen molar-refractivity contribution in [1.29, 1.82) is 0 Å². The van der Waals surface area contributed by atoms with E-state index in [2.05, 4.69) is 6.58 Å². The molecule has 3 nitrogen and oxygen atoms in total. The molecular weight excluding hydrogens is 168 g/mol. The molecule has 0 spiro atoms. The van der Waals surface area contributed by atoms with Gasteiger partial charge in [0.25, 0.3) is 0 Å². The summed E-state index contributed by atoms with van der Waals surface area (Å²) in [6.45, 7) is 5.47.